The first-order chi connectivity index (χ1) is 9.33. The maximum Gasteiger partial charge on any atom is 0.240 e. The predicted octanol–water partition coefficient (Wildman–Crippen LogP) is 1.30. The summed E-state index contributed by atoms with van der Waals surface area (Å²) in [6.07, 6.45) is 8.77. The Morgan fingerprint density at radius 3 is 2.84 bits per heavy atom. The molecule has 2 aliphatic carbocycles. The van der Waals surface area contributed by atoms with E-state index in [1.807, 2.05) is 0 Å². The Bertz CT molecular complexity index is 369. The molecule has 2 saturated heterocycles. The molecule has 0 spiro atoms. The van der Waals surface area contributed by atoms with E-state index in [1.54, 1.807) is 0 Å². The van der Waals surface area contributed by atoms with Crippen molar-refractivity contribution in [1.29, 1.82) is 0 Å². The van der Waals surface area contributed by atoms with E-state index in [-0.39, 0.29) is 6.04 Å². The minimum atomic E-state index is 0.0879. The van der Waals surface area contributed by atoms with E-state index in [1.165, 1.54) is 38.5 Å². The van der Waals surface area contributed by atoms with Crippen molar-refractivity contribution in [3.05, 3.63) is 0 Å². The van der Waals surface area contributed by atoms with E-state index >= 15 is 0 Å². The van der Waals surface area contributed by atoms with E-state index in [4.69, 9.17) is 4.74 Å². The van der Waals surface area contributed by atoms with Crippen LogP contribution in [0.25, 0.3) is 0 Å². The number of amides is 1. The van der Waals surface area contributed by atoms with E-state index in [0.29, 0.717) is 30.0 Å². The first kappa shape index (κ1) is 12.2. The highest BCUT2D eigenvalue weighted by molar-refractivity contribution is 5.84. The summed E-state index contributed by atoms with van der Waals surface area (Å²) in [7, 11) is 0. The summed E-state index contributed by atoms with van der Waals surface area (Å²) in [4.78, 5) is 14.5. The summed E-state index contributed by atoms with van der Waals surface area (Å²) >= 11 is 0. The van der Waals surface area contributed by atoms with Gasteiger partial charge in [-0.1, -0.05) is 0 Å². The molecule has 0 aromatic rings. The molecule has 0 radical (unpaired) electrons. The molecular formula is C15H24N2O2. The van der Waals surface area contributed by atoms with Crippen LogP contribution in [-0.2, 0) is 9.53 Å². The lowest BCUT2D eigenvalue weighted by Gasteiger charge is -2.34. The van der Waals surface area contributed by atoms with Crippen LogP contribution in [0.2, 0.25) is 0 Å². The lowest BCUT2D eigenvalue weighted by Crippen LogP contribution is -2.50. The second kappa shape index (κ2) is 4.74. The zero-order valence-electron chi connectivity index (χ0n) is 11.5. The van der Waals surface area contributed by atoms with Gasteiger partial charge in [0.05, 0.1) is 12.1 Å². The van der Waals surface area contributed by atoms with Gasteiger partial charge < -0.3 is 15.0 Å². The van der Waals surface area contributed by atoms with Gasteiger partial charge >= 0.3 is 0 Å². The summed E-state index contributed by atoms with van der Waals surface area (Å²) in [5.41, 5.74) is 0. The molecule has 2 saturated carbocycles. The summed E-state index contributed by atoms with van der Waals surface area (Å²) in [6.45, 7) is 1.89. The van der Waals surface area contributed by atoms with Crippen LogP contribution in [0.3, 0.4) is 0 Å². The third-order valence-corrected chi connectivity index (χ3v) is 5.42. The molecule has 4 atom stereocenters. The molecule has 0 aromatic heterocycles. The highest BCUT2D eigenvalue weighted by Crippen LogP contribution is 2.36. The number of fused-ring (bicyclic) bond motifs is 1. The van der Waals surface area contributed by atoms with Gasteiger partial charge in [-0.3, -0.25) is 4.79 Å². The van der Waals surface area contributed by atoms with Crippen molar-refractivity contribution in [2.75, 3.05) is 13.2 Å². The average molecular weight is 264 g/mol. The number of ether oxygens (including phenoxy) is 1. The lowest BCUT2D eigenvalue weighted by molar-refractivity contribution is -0.130. The van der Waals surface area contributed by atoms with Crippen molar-refractivity contribution in [3.63, 3.8) is 0 Å². The van der Waals surface area contributed by atoms with E-state index in [9.17, 15) is 4.79 Å². The minimum absolute atomic E-state index is 0.0879. The number of carbonyl (C=O) groups excluding carboxylic acids is 1. The Morgan fingerprint density at radius 2 is 2.00 bits per heavy atom. The molecule has 0 aromatic carbocycles. The number of nitrogens with one attached hydrogen (secondary N) is 1. The quantitative estimate of drug-likeness (QED) is 0.835. The van der Waals surface area contributed by atoms with E-state index in [0.717, 1.165) is 19.6 Å². The fourth-order valence-electron chi connectivity index (χ4n) is 4.25. The Labute approximate surface area is 114 Å². The van der Waals surface area contributed by atoms with Gasteiger partial charge in [-0.15, -0.1) is 0 Å². The number of hydrogen-bond acceptors (Lipinski definition) is 3. The molecule has 4 unspecified atom stereocenters. The number of hydrogen-bond donors (Lipinski definition) is 1. The number of nitrogens with zero attached hydrogens (tertiary/aromatic N) is 1. The Morgan fingerprint density at radius 1 is 1.11 bits per heavy atom. The Balaban J connectivity index is 1.39. The number of likely N-dealkylation sites (tertiary alicyclic amines) is 1. The molecular weight excluding hydrogens is 240 g/mol. The summed E-state index contributed by atoms with van der Waals surface area (Å²) < 4.78 is 5.81. The summed E-state index contributed by atoms with van der Waals surface area (Å²) in [5, 5.41) is 3.68. The largest absolute Gasteiger partial charge is 0.378 e. The monoisotopic (exact) mass is 264 g/mol. The van der Waals surface area contributed by atoms with E-state index < -0.39 is 0 Å². The highest BCUT2D eigenvalue weighted by Gasteiger charge is 2.43. The molecule has 4 fully saturated rings. The van der Waals surface area contributed by atoms with Crippen LogP contribution in [0.1, 0.15) is 44.9 Å². The highest BCUT2D eigenvalue weighted by atomic mass is 16.5. The molecule has 2 heterocycles. The van der Waals surface area contributed by atoms with Crippen LogP contribution in [-0.4, -0.2) is 48.2 Å². The molecule has 2 aliphatic heterocycles. The standard InChI is InChI=1S/C15H24N2O2/c18-15-13(6-8-17(15)10-4-5-10)16-12-2-1-3-14-11(12)7-9-19-14/h10-14,16H,1-9H2. The molecule has 19 heavy (non-hydrogen) atoms. The lowest BCUT2D eigenvalue weighted by atomic mass is 9.81. The SMILES string of the molecule is O=C1C(NC2CCCC3OCCC23)CCN1C1CC1. The van der Waals surface area contributed by atoms with Crippen LogP contribution >= 0.6 is 0 Å². The van der Waals surface area contributed by atoms with Crippen LogP contribution in [0.5, 0.6) is 0 Å². The third-order valence-electron chi connectivity index (χ3n) is 5.42. The molecule has 106 valence electrons. The second-order valence-corrected chi connectivity index (χ2v) is 6.67. The van der Waals surface area contributed by atoms with Gasteiger partial charge in [-0.25, -0.2) is 0 Å². The minimum Gasteiger partial charge on any atom is -0.378 e. The zero-order valence-corrected chi connectivity index (χ0v) is 11.5. The third kappa shape index (κ3) is 2.19. The van der Waals surface area contributed by atoms with Crippen LogP contribution in [0.15, 0.2) is 0 Å². The van der Waals surface area contributed by atoms with E-state index in [2.05, 4.69) is 10.2 Å². The van der Waals surface area contributed by atoms with Crippen molar-refractivity contribution < 1.29 is 9.53 Å². The summed E-state index contributed by atoms with van der Waals surface area (Å²) in [5.74, 6) is 1.01. The maximum absolute atomic E-state index is 12.4. The van der Waals surface area contributed by atoms with Gasteiger partial charge in [0.2, 0.25) is 5.91 Å². The van der Waals surface area contributed by atoms with Gasteiger partial charge in [0, 0.05) is 31.2 Å². The van der Waals surface area contributed by atoms with Crippen molar-refractivity contribution in [2.24, 2.45) is 5.92 Å². The van der Waals surface area contributed by atoms with Crippen molar-refractivity contribution in [2.45, 2.75) is 69.2 Å². The predicted molar refractivity (Wildman–Crippen MR) is 71.8 cm³/mol. The van der Waals surface area contributed by atoms with Gasteiger partial charge in [-0.2, -0.15) is 0 Å². The molecule has 1 N–H and O–H groups in total. The fourth-order valence-corrected chi connectivity index (χ4v) is 4.25. The van der Waals surface area contributed by atoms with Crippen molar-refractivity contribution in [3.8, 4) is 0 Å². The number of rotatable bonds is 3. The normalized spacial score (nSPS) is 42.7. The first-order valence-electron chi connectivity index (χ1n) is 8.01. The Hall–Kier alpha value is -0.610. The fraction of sp³-hybridized carbons (Fsp3) is 0.933. The molecule has 4 rings (SSSR count). The summed E-state index contributed by atoms with van der Waals surface area (Å²) in [6, 6.07) is 1.17. The first-order valence-corrected chi connectivity index (χ1v) is 8.01. The van der Waals surface area contributed by atoms with Crippen molar-refractivity contribution in [1.82, 2.24) is 10.2 Å². The van der Waals surface area contributed by atoms with Gasteiger partial charge in [0.25, 0.3) is 0 Å². The van der Waals surface area contributed by atoms with Gasteiger partial charge in [0.15, 0.2) is 0 Å². The van der Waals surface area contributed by atoms with Crippen molar-refractivity contribution >= 4 is 5.91 Å². The van der Waals surface area contributed by atoms with Gasteiger partial charge in [0.1, 0.15) is 0 Å². The smallest absolute Gasteiger partial charge is 0.240 e. The Kier molecular flexibility index (Phi) is 3.03. The molecule has 1 amide bonds. The average Bonchev–Trinajstić information content (AvgIpc) is 3.02. The maximum atomic E-state index is 12.4. The topological polar surface area (TPSA) is 41.6 Å². The second-order valence-electron chi connectivity index (χ2n) is 6.67. The molecule has 4 aliphatic rings. The number of carbonyl (C=O) groups is 1. The molecule has 0 bridgehead atoms. The van der Waals surface area contributed by atoms with Crippen LogP contribution in [0.4, 0.5) is 0 Å². The van der Waals surface area contributed by atoms with Crippen LogP contribution < -0.4 is 5.32 Å². The van der Waals surface area contributed by atoms with Gasteiger partial charge in [-0.05, 0) is 44.9 Å². The molecule has 4 heteroatoms. The zero-order chi connectivity index (χ0) is 12.8. The van der Waals surface area contributed by atoms with Crippen LogP contribution in [0, 0.1) is 5.92 Å². The molecule has 4 nitrogen and oxygen atoms in total.